The Hall–Kier alpha value is -1.06. The predicted octanol–water partition coefficient (Wildman–Crippen LogP) is 2.52. The van der Waals surface area contributed by atoms with Gasteiger partial charge in [-0.15, -0.1) is 0 Å². The zero-order chi connectivity index (χ0) is 12.7. The van der Waals surface area contributed by atoms with Crippen LogP contribution in [0.5, 0.6) is 0 Å². The van der Waals surface area contributed by atoms with Crippen molar-refractivity contribution in [1.82, 2.24) is 10.6 Å². The van der Waals surface area contributed by atoms with Crippen molar-refractivity contribution < 1.29 is 4.79 Å². The normalized spacial score (nSPS) is 12.2. The van der Waals surface area contributed by atoms with Crippen molar-refractivity contribution >= 4 is 17.5 Å². The Balaban J connectivity index is 2.42. The third-order valence-corrected chi connectivity index (χ3v) is 2.86. The molecule has 0 aliphatic carbocycles. The number of carbonyl (C=O) groups is 1. The number of nitrogens with one attached hydrogen (secondary N) is 2. The highest BCUT2D eigenvalue weighted by molar-refractivity contribution is 6.31. The highest BCUT2D eigenvalue weighted by atomic mass is 35.5. The summed E-state index contributed by atoms with van der Waals surface area (Å²) in [5.74, 6) is 0.0192. The van der Waals surface area contributed by atoms with E-state index in [1.807, 2.05) is 38.1 Å². The summed E-state index contributed by atoms with van der Waals surface area (Å²) in [6.45, 7) is 5.06. The first-order valence-corrected chi connectivity index (χ1v) is 6.27. The maximum Gasteiger partial charge on any atom is 0.233 e. The summed E-state index contributed by atoms with van der Waals surface area (Å²) in [7, 11) is 0. The summed E-state index contributed by atoms with van der Waals surface area (Å²) in [6, 6.07) is 7.72. The SMILES string of the molecule is CCCNC(=O)CNC(C)c1ccccc1Cl. The van der Waals surface area contributed by atoms with Crippen LogP contribution in [0, 0.1) is 0 Å². The van der Waals surface area contributed by atoms with Crippen molar-refractivity contribution in [3.63, 3.8) is 0 Å². The second-order valence-electron chi connectivity index (χ2n) is 3.97. The molecule has 0 saturated carbocycles. The Labute approximate surface area is 108 Å². The molecule has 17 heavy (non-hydrogen) atoms. The van der Waals surface area contributed by atoms with Crippen LogP contribution in [0.25, 0.3) is 0 Å². The van der Waals surface area contributed by atoms with E-state index < -0.39 is 0 Å². The van der Waals surface area contributed by atoms with Gasteiger partial charge in [-0.25, -0.2) is 0 Å². The standard InChI is InChI=1S/C13H19ClN2O/c1-3-8-15-13(17)9-16-10(2)11-6-4-5-7-12(11)14/h4-7,10,16H,3,8-9H2,1-2H3,(H,15,17). The maximum absolute atomic E-state index is 11.4. The number of halogens is 1. The second-order valence-corrected chi connectivity index (χ2v) is 4.38. The van der Waals surface area contributed by atoms with E-state index in [1.165, 1.54) is 0 Å². The molecule has 1 unspecified atom stereocenters. The van der Waals surface area contributed by atoms with E-state index in [0.717, 1.165) is 23.6 Å². The smallest absolute Gasteiger partial charge is 0.233 e. The van der Waals surface area contributed by atoms with Crippen LogP contribution in [-0.4, -0.2) is 19.0 Å². The summed E-state index contributed by atoms with van der Waals surface area (Å²) >= 11 is 6.08. The second kappa shape index (κ2) is 7.30. The average molecular weight is 255 g/mol. The van der Waals surface area contributed by atoms with E-state index >= 15 is 0 Å². The molecule has 0 aliphatic heterocycles. The van der Waals surface area contributed by atoms with E-state index in [4.69, 9.17) is 11.6 Å². The van der Waals surface area contributed by atoms with Gasteiger partial charge in [0.05, 0.1) is 6.54 Å². The number of benzene rings is 1. The summed E-state index contributed by atoms with van der Waals surface area (Å²) in [4.78, 5) is 11.4. The van der Waals surface area contributed by atoms with E-state index in [0.29, 0.717) is 6.54 Å². The van der Waals surface area contributed by atoms with Crippen molar-refractivity contribution in [3.8, 4) is 0 Å². The van der Waals surface area contributed by atoms with Crippen LogP contribution in [0.4, 0.5) is 0 Å². The highest BCUT2D eigenvalue weighted by Crippen LogP contribution is 2.21. The third kappa shape index (κ3) is 4.75. The van der Waals surface area contributed by atoms with Crippen molar-refractivity contribution in [2.45, 2.75) is 26.3 Å². The minimum atomic E-state index is 0.0192. The lowest BCUT2D eigenvalue weighted by Crippen LogP contribution is -2.35. The first-order chi connectivity index (χ1) is 8.15. The van der Waals surface area contributed by atoms with Crippen LogP contribution in [0.15, 0.2) is 24.3 Å². The topological polar surface area (TPSA) is 41.1 Å². The van der Waals surface area contributed by atoms with E-state index in [2.05, 4.69) is 10.6 Å². The molecule has 2 N–H and O–H groups in total. The van der Waals surface area contributed by atoms with Gasteiger partial charge in [-0.3, -0.25) is 4.79 Å². The molecular weight excluding hydrogens is 236 g/mol. The Morgan fingerprint density at radius 1 is 1.41 bits per heavy atom. The molecule has 1 atom stereocenters. The molecule has 0 spiro atoms. The van der Waals surface area contributed by atoms with Gasteiger partial charge in [0.1, 0.15) is 0 Å². The molecule has 3 nitrogen and oxygen atoms in total. The zero-order valence-electron chi connectivity index (χ0n) is 10.3. The number of carbonyl (C=O) groups excluding carboxylic acids is 1. The molecule has 1 amide bonds. The van der Waals surface area contributed by atoms with Crippen molar-refractivity contribution in [2.75, 3.05) is 13.1 Å². The lowest BCUT2D eigenvalue weighted by atomic mass is 10.1. The van der Waals surface area contributed by atoms with Crippen molar-refractivity contribution in [1.29, 1.82) is 0 Å². The van der Waals surface area contributed by atoms with Crippen LogP contribution in [-0.2, 0) is 4.79 Å². The minimum absolute atomic E-state index is 0.0192. The fourth-order valence-electron chi connectivity index (χ4n) is 1.51. The minimum Gasteiger partial charge on any atom is -0.355 e. The number of hydrogen-bond acceptors (Lipinski definition) is 2. The quantitative estimate of drug-likeness (QED) is 0.819. The molecule has 0 saturated heterocycles. The summed E-state index contributed by atoms with van der Waals surface area (Å²) < 4.78 is 0. The van der Waals surface area contributed by atoms with Crippen LogP contribution >= 0.6 is 11.6 Å². The first kappa shape index (κ1) is 14.0. The van der Waals surface area contributed by atoms with Gasteiger partial charge in [-0.05, 0) is 25.0 Å². The van der Waals surface area contributed by atoms with E-state index in [1.54, 1.807) is 0 Å². The van der Waals surface area contributed by atoms with Crippen LogP contribution in [0.1, 0.15) is 31.9 Å². The summed E-state index contributed by atoms with van der Waals surface area (Å²) in [6.07, 6.45) is 0.950. The Morgan fingerprint density at radius 2 is 2.12 bits per heavy atom. The molecule has 94 valence electrons. The van der Waals surface area contributed by atoms with Gasteiger partial charge in [0.2, 0.25) is 5.91 Å². The lowest BCUT2D eigenvalue weighted by Gasteiger charge is -2.15. The molecule has 1 rings (SSSR count). The third-order valence-electron chi connectivity index (χ3n) is 2.51. The van der Waals surface area contributed by atoms with Gasteiger partial charge in [-0.1, -0.05) is 36.7 Å². The first-order valence-electron chi connectivity index (χ1n) is 5.89. The van der Waals surface area contributed by atoms with Crippen LogP contribution in [0.3, 0.4) is 0 Å². The Kier molecular flexibility index (Phi) is 6.01. The summed E-state index contributed by atoms with van der Waals surface area (Å²) in [5, 5.41) is 6.69. The van der Waals surface area contributed by atoms with Gasteiger partial charge >= 0.3 is 0 Å². The zero-order valence-corrected chi connectivity index (χ0v) is 11.1. The van der Waals surface area contributed by atoms with Crippen molar-refractivity contribution in [3.05, 3.63) is 34.9 Å². The van der Waals surface area contributed by atoms with Crippen molar-refractivity contribution in [2.24, 2.45) is 0 Å². The van der Waals surface area contributed by atoms with Gasteiger partial charge in [0.15, 0.2) is 0 Å². The number of amides is 1. The molecule has 1 aromatic carbocycles. The van der Waals surface area contributed by atoms with Gasteiger partial charge in [-0.2, -0.15) is 0 Å². The Bertz CT molecular complexity index is 368. The molecule has 0 bridgehead atoms. The number of hydrogen-bond donors (Lipinski definition) is 2. The molecular formula is C13H19ClN2O. The number of rotatable bonds is 6. The van der Waals surface area contributed by atoms with Gasteiger partial charge in [0, 0.05) is 17.6 Å². The highest BCUT2D eigenvalue weighted by Gasteiger charge is 2.09. The largest absolute Gasteiger partial charge is 0.355 e. The molecule has 0 radical (unpaired) electrons. The molecule has 0 heterocycles. The molecule has 4 heteroatoms. The van der Waals surface area contributed by atoms with Gasteiger partial charge < -0.3 is 10.6 Å². The Morgan fingerprint density at radius 3 is 2.76 bits per heavy atom. The summed E-state index contributed by atoms with van der Waals surface area (Å²) in [5.41, 5.74) is 1.01. The average Bonchev–Trinajstić information content (AvgIpc) is 2.34. The predicted molar refractivity (Wildman–Crippen MR) is 71.2 cm³/mol. The maximum atomic E-state index is 11.4. The van der Waals surface area contributed by atoms with Crippen LogP contribution < -0.4 is 10.6 Å². The van der Waals surface area contributed by atoms with Gasteiger partial charge in [0.25, 0.3) is 0 Å². The molecule has 0 aliphatic rings. The monoisotopic (exact) mass is 254 g/mol. The van der Waals surface area contributed by atoms with Crippen LogP contribution in [0.2, 0.25) is 5.02 Å². The fraction of sp³-hybridized carbons (Fsp3) is 0.462. The lowest BCUT2D eigenvalue weighted by molar-refractivity contribution is -0.120. The molecule has 0 fully saturated rings. The molecule has 0 aromatic heterocycles. The van der Waals surface area contributed by atoms with E-state index in [9.17, 15) is 4.79 Å². The van der Waals surface area contributed by atoms with E-state index in [-0.39, 0.29) is 11.9 Å². The molecule has 1 aromatic rings. The fourth-order valence-corrected chi connectivity index (χ4v) is 1.81.